The van der Waals surface area contributed by atoms with Gasteiger partial charge in [0, 0.05) is 24.6 Å². The van der Waals surface area contributed by atoms with E-state index in [1.54, 1.807) is 4.90 Å². The molecule has 1 heterocycles. The number of rotatable bonds is 4. The largest absolute Gasteiger partial charge is 0.488 e. The number of carbonyl (C=O) groups is 1. The predicted molar refractivity (Wildman–Crippen MR) is 101 cm³/mol. The number of hydrogen-bond acceptors (Lipinski definition) is 3. The number of hydrogen-bond donors (Lipinski definition) is 0. The van der Waals surface area contributed by atoms with Crippen LogP contribution in [0.25, 0.3) is 5.57 Å². The topological polar surface area (TPSA) is 38.8 Å². The van der Waals surface area contributed by atoms with E-state index < -0.39 is 17.7 Å². The maximum absolute atomic E-state index is 13.7. The lowest BCUT2D eigenvalue weighted by Crippen LogP contribution is -2.48. The normalized spacial score (nSPS) is 19.0. The van der Waals surface area contributed by atoms with Crippen LogP contribution in [0.2, 0.25) is 0 Å². The molecule has 1 saturated heterocycles. The lowest BCUT2D eigenvalue weighted by Gasteiger charge is -2.33. The van der Waals surface area contributed by atoms with Gasteiger partial charge in [-0.25, -0.2) is 8.78 Å². The van der Waals surface area contributed by atoms with Crippen LogP contribution in [0.15, 0.2) is 48.0 Å². The van der Waals surface area contributed by atoms with Crippen molar-refractivity contribution in [2.24, 2.45) is 0 Å². The van der Waals surface area contributed by atoms with Crippen LogP contribution < -0.4 is 4.74 Å². The second-order valence-electron chi connectivity index (χ2n) is 7.07. The molecule has 0 saturated carbocycles. The summed E-state index contributed by atoms with van der Waals surface area (Å²) in [5, 5.41) is 0. The number of nitrogens with zero attached hydrogens (tertiary/aromatic N) is 1. The van der Waals surface area contributed by atoms with Gasteiger partial charge in [0.2, 0.25) is 0 Å². The zero-order valence-corrected chi connectivity index (χ0v) is 15.6. The highest BCUT2D eigenvalue weighted by molar-refractivity contribution is 6.03. The molecule has 4 rings (SSSR count). The number of carbonyl (C=O) groups excluding carboxylic acids is 1. The Balaban J connectivity index is 1.41. The van der Waals surface area contributed by atoms with Crippen LogP contribution >= 0.6 is 0 Å². The van der Waals surface area contributed by atoms with Crippen LogP contribution in [0.3, 0.4) is 0 Å². The van der Waals surface area contributed by atoms with Gasteiger partial charge in [-0.1, -0.05) is 24.3 Å². The maximum Gasteiger partial charge on any atom is 0.250 e. The van der Waals surface area contributed by atoms with Crippen LogP contribution in [-0.4, -0.2) is 43.2 Å². The molecule has 28 heavy (non-hydrogen) atoms. The minimum Gasteiger partial charge on any atom is -0.488 e. The predicted octanol–water partition coefficient (Wildman–Crippen LogP) is 3.60. The number of fused-ring (bicyclic) bond motifs is 1. The third-order valence-electron chi connectivity index (χ3n) is 5.24. The van der Waals surface area contributed by atoms with E-state index in [9.17, 15) is 13.6 Å². The quantitative estimate of drug-likeness (QED) is 0.807. The van der Waals surface area contributed by atoms with Gasteiger partial charge >= 0.3 is 0 Å². The molecule has 1 amide bonds. The first-order valence-electron chi connectivity index (χ1n) is 9.29. The first-order chi connectivity index (χ1) is 13.5. The molecule has 1 atom stereocenters. The van der Waals surface area contributed by atoms with E-state index in [2.05, 4.69) is 0 Å². The van der Waals surface area contributed by atoms with E-state index in [0.29, 0.717) is 26.1 Å². The van der Waals surface area contributed by atoms with Gasteiger partial charge < -0.3 is 14.4 Å². The number of allylic oxidation sites excluding steroid dienone is 1. The summed E-state index contributed by atoms with van der Waals surface area (Å²) >= 11 is 0. The van der Waals surface area contributed by atoms with Crippen molar-refractivity contribution in [1.82, 2.24) is 4.90 Å². The summed E-state index contributed by atoms with van der Waals surface area (Å²) in [6.45, 7) is 3.25. The van der Waals surface area contributed by atoms with Gasteiger partial charge in [0.15, 0.2) is 11.6 Å². The molecule has 2 aromatic rings. The number of halogens is 2. The lowest BCUT2D eigenvalue weighted by molar-refractivity contribution is -0.135. The van der Waals surface area contributed by atoms with Crippen molar-refractivity contribution in [2.75, 3.05) is 26.3 Å². The highest BCUT2D eigenvalue weighted by Gasteiger charge is 2.30. The van der Waals surface area contributed by atoms with Gasteiger partial charge in [0.25, 0.3) is 5.91 Å². The van der Waals surface area contributed by atoms with Crippen LogP contribution in [0.4, 0.5) is 8.78 Å². The molecule has 1 fully saturated rings. The lowest BCUT2D eigenvalue weighted by atomic mass is 10.1. The molecule has 2 aromatic carbocycles. The van der Waals surface area contributed by atoms with Crippen molar-refractivity contribution < 1.29 is 23.0 Å². The molecular weight excluding hydrogens is 364 g/mol. The van der Waals surface area contributed by atoms with Crippen molar-refractivity contribution in [3.8, 4) is 5.75 Å². The van der Waals surface area contributed by atoms with E-state index in [1.807, 2.05) is 31.2 Å². The van der Waals surface area contributed by atoms with Crippen LogP contribution in [0.5, 0.6) is 5.75 Å². The maximum atomic E-state index is 13.7. The molecule has 2 aliphatic rings. The molecule has 0 N–H and O–H groups in total. The molecule has 6 heteroatoms. The Hall–Kier alpha value is -2.73. The van der Waals surface area contributed by atoms with E-state index in [-0.39, 0.29) is 18.3 Å². The summed E-state index contributed by atoms with van der Waals surface area (Å²) in [6, 6.07) is 11.1. The fourth-order valence-corrected chi connectivity index (χ4v) is 3.73. The highest BCUT2D eigenvalue weighted by Crippen LogP contribution is 2.33. The van der Waals surface area contributed by atoms with Gasteiger partial charge in [-0.15, -0.1) is 0 Å². The monoisotopic (exact) mass is 385 g/mol. The van der Waals surface area contributed by atoms with E-state index in [0.717, 1.165) is 40.5 Å². The summed E-state index contributed by atoms with van der Waals surface area (Å²) in [4.78, 5) is 14.8. The Morgan fingerprint density at radius 2 is 2.07 bits per heavy atom. The van der Waals surface area contributed by atoms with E-state index in [1.165, 1.54) is 0 Å². The summed E-state index contributed by atoms with van der Waals surface area (Å²) in [5.74, 6) is -1.36. The Labute approximate surface area is 162 Å². The Morgan fingerprint density at radius 3 is 2.89 bits per heavy atom. The van der Waals surface area contributed by atoms with Crippen molar-refractivity contribution >= 4 is 11.5 Å². The van der Waals surface area contributed by atoms with E-state index in [4.69, 9.17) is 9.47 Å². The van der Waals surface area contributed by atoms with Crippen molar-refractivity contribution in [2.45, 2.75) is 19.4 Å². The molecule has 1 aliphatic carbocycles. The number of amides is 1. The molecule has 1 aliphatic heterocycles. The molecule has 146 valence electrons. The Bertz CT molecular complexity index is 941. The standard InChI is InChI=1S/C22H21F2NO3/c1-14-18-5-3-2-4-15(18)10-19(14)22(26)25-8-9-27-17(12-25)13-28-21-11-16(23)6-7-20(21)24/h2-7,11,17H,8-10,12-13H2,1H3. The average molecular weight is 385 g/mol. The fraction of sp³-hybridized carbons (Fsp3) is 0.318. The Kier molecular flexibility index (Phi) is 5.13. The summed E-state index contributed by atoms with van der Waals surface area (Å²) in [6.07, 6.45) is 0.235. The molecule has 4 nitrogen and oxygen atoms in total. The second-order valence-corrected chi connectivity index (χ2v) is 7.07. The fourth-order valence-electron chi connectivity index (χ4n) is 3.73. The summed E-state index contributed by atoms with van der Waals surface area (Å²) in [5.41, 5.74) is 4.11. The minimum atomic E-state index is -0.630. The van der Waals surface area contributed by atoms with Gasteiger partial charge in [-0.3, -0.25) is 4.79 Å². The number of ether oxygens (including phenoxy) is 2. The first kappa shape index (κ1) is 18.6. The van der Waals surface area contributed by atoms with Gasteiger partial charge in [-0.2, -0.15) is 0 Å². The van der Waals surface area contributed by atoms with Crippen molar-refractivity contribution in [3.63, 3.8) is 0 Å². The van der Waals surface area contributed by atoms with Gasteiger partial charge in [-0.05, 0) is 35.8 Å². The number of benzene rings is 2. The van der Waals surface area contributed by atoms with Crippen LogP contribution in [0.1, 0.15) is 18.1 Å². The molecule has 0 bridgehead atoms. The SMILES string of the molecule is CC1=C(C(=O)N2CCOC(COc3cc(F)ccc3F)C2)Cc2ccccc21. The minimum absolute atomic E-state index is 0.000985. The average Bonchev–Trinajstić information content (AvgIpc) is 3.05. The Morgan fingerprint density at radius 1 is 1.25 bits per heavy atom. The van der Waals surface area contributed by atoms with Crippen molar-refractivity contribution in [1.29, 1.82) is 0 Å². The highest BCUT2D eigenvalue weighted by atomic mass is 19.1. The molecule has 1 unspecified atom stereocenters. The molecule has 0 spiro atoms. The molecule has 0 radical (unpaired) electrons. The second kappa shape index (κ2) is 7.72. The van der Waals surface area contributed by atoms with Crippen LogP contribution in [0, 0.1) is 11.6 Å². The van der Waals surface area contributed by atoms with Gasteiger partial charge in [0.05, 0.1) is 13.2 Å². The third-order valence-corrected chi connectivity index (χ3v) is 5.24. The number of morpholine rings is 1. The summed E-state index contributed by atoms with van der Waals surface area (Å²) in [7, 11) is 0. The zero-order chi connectivity index (χ0) is 19.7. The van der Waals surface area contributed by atoms with Crippen LogP contribution in [-0.2, 0) is 16.0 Å². The molecular formula is C22H21F2NO3. The van der Waals surface area contributed by atoms with E-state index >= 15 is 0 Å². The van der Waals surface area contributed by atoms with Crippen molar-refractivity contribution in [3.05, 3.63) is 70.8 Å². The van der Waals surface area contributed by atoms with Gasteiger partial charge in [0.1, 0.15) is 18.5 Å². The summed E-state index contributed by atoms with van der Waals surface area (Å²) < 4.78 is 38.0. The zero-order valence-electron chi connectivity index (χ0n) is 15.6. The molecule has 0 aromatic heterocycles. The third kappa shape index (κ3) is 3.64. The first-order valence-corrected chi connectivity index (χ1v) is 9.29. The smallest absolute Gasteiger partial charge is 0.250 e.